The Morgan fingerprint density at radius 3 is 3.00 bits per heavy atom. The van der Waals surface area contributed by atoms with E-state index in [1.807, 2.05) is 18.2 Å². The molecule has 3 rings (SSSR count). The van der Waals surface area contributed by atoms with E-state index in [1.165, 1.54) is 17.8 Å². The highest BCUT2D eigenvalue weighted by molar-refractivity contribution is 8.02. The molecule has 0 saturated heterocycles. The van der Waals surface area contributed by atoms with Gasteiger partial charge in [-0.25, -0.2) is 4.98 Å². The number of ether oxygens (including phenoxy) is 1. The number of imidazole rings is 1. The highest BCUT2D eigenvalue weighted by Crippen LogP contribution is 2.25. The third kappa shape index (κ3) is 2.96. The van der Waals surface area contributed by atoms with Gasteiger partial charge in [0.25, 0.3) is 0 Å². The highest BCUT2D eigenvalue weighted by atomic mass is 32.2. The zero-order valence-corrected chi connectivity index (χ0v) is 12.3. The quantitative estimate of drug-likeness (QED) is 0.436. The number of fused-ring (bicyclic) bond motifs is 1. The number of hydrogen-bond donors (Lipinski definition) is 1. The Bertz CT molecular complexity index is 853. The van der Waals surface area contributed by atoms with Crippen LogP contribution in [0.1, 0.15) is 5.76 Å². The molecule has 2 aromatic heterocycles. The summed E-state index contributed by atoms with van der Waals surface area (Å²) in [6.45, 7) is 0. The smallest absolute Gasteiger partial charge is 0.433 e. The molecule has 0 amide bonds. The molecule has 7 nitrogen and oxygen atoms in total. The van der Waals surface area contributed by atoms with Crippen molar-refractivity contribution < 1.29 is 14.1 Å². The van der Waals surface area contributed by atoms with Gasteiger partial charge in [-0.3, -0.25) is 10.1 Å². The summed E-state index contributed by atoms with van der Waals surface area (Å²) in [6, 6.07) is 8.44. The summed E-state index contributed by atoms with van der Waals surface area (Å²) in [4.78, 5) is 17.5. The van der Waals surface area contributed by atoms with Crippen LogP contribution in [0.25, 0.3) is 17.1 Å². The maximum absolute atomic E-state index is 10.5. The fourth-order valence-corrected chi connectivity index (χ4v) is 2.49. The summed E-state index contributed by atoms with van der Waals surface area (Å²) in [5.74, 6) is 0.892. The molecule has 1 N–H and O–H groups in total. The summed E-state index contributed by atoms with van der Waals surface area (Å²) >= 11 is 1.35. The number of aromatic amines is 1. The van der Waals surface area contributed by atoms with Gasteiger partial charge in [-0.05, 0) is 29.7 Å². The van der Waals surface area contributed by atoms with Crippen LogP contribution in [0.2, 0.25) is 0 Å². The Labute approximate surface area is 129 Å². The van der Waals surface area contributed by atoms with Crippen LogP contribution >= 0.6 is 11.8 Å². The molecule has 8 heteroatoms. The monoisotopic (exact) mass is 317 g/mol. The SMILES string of the molecule is COc1ccc2nc(S/C=C/c3ccc([N+](=O)[O-])o3)[nH]c2c1. The Hall–Kier alpha value is -2.74. The second-order valence-electron chi connectivity index (χ2n) is 4.28. The number of thioether (sulfide) groups is 1. The average molecular weight is 317 g/mol. The lowest BCUT2D eigenvalue weighted by Gasteiger charge is -1.96. The topological polar surface area (TPSA) is 94.2 Å². The van der Waals surface area contributed by atoms with Crippen LogP contribution in [-0.2, 0) is 0 Å². The van der Waals surface area contributed by atoms with Crippen molar-refractivity contribution in [1.29, 1.82) is 0 Å². The van der Waals surface area contributed by atoms with Crippen LogP contribution in [0.15, 0.2) is 45.3 Å². The number of rotatable bonds is 5. The Morgan fingerprint density at radius 1 is 1.41 bits per heavy atom. The van der Waals surface area contributed by atoms with E-state index in [1.54, 1.807) is 24.7 Å². The lowest BCUT2D eigenvalue weighted by Crippen LogP contribution is -1.82. The summed E-state index contributed by atoms with van der Waals surface area (Å²) < 4.78 is 10.2. The number of furan rings is 1. The molecule has 0 unspecified atom stereocenters. The van der Waals surface area contributed by atoms with E-state index in [2.05, 4.69) is 9.97 Å². The van der Waals surface area contributed by atoms with Crippen LogP contribution < -0.4 is 4.74 Å². The molecule has 0 fully saturated rings. The molecule has 0 atom stereocenters. The van der Waals surface area contributed by atoms with Crippen LogP contribution in [0.4, 0.5) is 5.88 Å². The van der Waals surface area contributed by atoms with Crippen molar-refractivity contribution in [3.8, 4) is 5.75 Å². The normalized spacial score (nSPS) is 11.3. The Balaban J connectivity index is 1.72. The van der Waals surface area contributed by atoms with Gasteiger partial charge < -0.3 is 14.1 Å². The fraction of sp³-hybridized carbons (Fsp3) is 0.0714. The van der Waals surface area contributed by atoms with Crippen LogP contribution in [0.3, 0.4) is 0 Å². The zero-order valence-electron chi connectivity index (χ0n) is 11.5. The lowest BCUT2D eigenvalue weighted by atomic mass is 10.3. The predicted octanol–water partition coefficient (Wildman–Crippen LogP) is 3.84. The highest BCUT2D eigenvalue weighted by Gasteiger charge is 2.10. The molecule has 0 bridgehead atoms. The molecule has 22 heavy (non-hydrogen) atoms. The first-order valence-electron chi connectivity index (χ1n) is 6.27. The molecule has 0 aliphatic rings. The first-order valence-corrected chi connectivity index (χ1v) is 7.15. The summed E-state index contributed by atoms with van der Waals surface area (Å²) in [5.41, 5.74) is 1.72. The Morgan fingerprint density at radius 2 is 2.27 bits per heavy atom. The van der Waals surface area contributed by atoms with E-state index in [9.17, 15) is 10.1 Å². The molecule has 1 aromatic carbocycles. The number of H-pyrrole nitrogens is 1. The third-order valence-electron chi connectivity index (χ3n) is 2.87. The summed E-state index contributed by atoms with van der Waals surface area (Å²) in [5, 5.41) is 13.0. The molecule has 2 heterocycles. The molecular formula is C14H11N3O4S. The second-order valence-corrected chi connectivity index (χ2v) is 5.17. The minimum absolute atomic E-state index is 0.277. The van der Waals surface area contributed by atoms with Gasteiger partial charge in [-0.15, -0.1) is 0 Å². The van der Waals surface area contributed by atoms with Gasteiger partial charge >= 0.3 is 5.88 Å². The van der Waals surface area contributed by atoms with Crippen molar-refractivity contribution in [3.05, 3.63) is 51.6 Å². The van der Waals surface area contributed by atoms with E-state index >= 15 is 0 Å². The molecule has 0 spiro atoms. The molecule has 0 saturated carbocycles. The summed E-state index contributed by atoms with van der Waals surface area (Å²) in [7, 11) is 1.61. The zero-order chi connectivity index (χ0) is 15.5. The van der Waals surface area contributed by atoms with Crippen molar-refractivity contribution >= 4 is 34.8 Å². The first-order chi connectivity index (χ1) is 10.7. The van der Waals surface area contributed by atoms with Gasteiger partial charge in [0.15, 0.2) is 5.16 Å². The number of nitrogens with one attached hydrogen (secondary N) is 1. The van der Waals surface area contributed by atoms with E-state index in [4.69, 9.17) is 9.15 Å². The predicted molar refractivity (Wildman–Crippen MR) is 82.9 cm³/mol. The number of hydrogen-bond acceptors (Lipinski definition) is 6. The molecule has 0 radical (unpaired) electrons. The number of nitrogens with zero attached hydrogens (tertiary/aromatic N) is 2. The van der Waals surface area contributed by atoms with E-state index in [-0.39, 0.29) is 5.88 Å². The van der Waals surface area contributed by atoms with Gasteiger partial charge in [0.05, 0.1) is 24.2 Å². The van der Waals surface area contributed by atoms with Crippen molar-refractivity contribution in [1.82, 2.24) is 9.97 Å². The summed E-state index contributed by atoms with van der Waals surface area (Å²) in [6.07, 6.45) is 1.64. The fourth-order valence-electron chi connectivity index (χ4n) is 1.84. The lowest BCUT2D eigenvalue weighted by molar-refractivity contribution is -0.402. The molecule has 3 aromatic rings. The van der Waals surface area contributed by atoms with Gasteiger partial charge in [0.2, 0.25) is 0 Å². The second kappa shape index (κ2) is 5.94. The van der Waals surface area contributed by atoms with Crippen LogP contribution in [0.5, 0.6) is 5.75 Å². The number of aromatic nitrogens is 2. The van der Waals surface area contributed by atoms with Crippen LogP contribution in [0, 0.1) is 10.1 Å². The van der Waals surface area contributed by atoms with Crippen LogP contribution in [-0.4, -0.2) is 22.0 Å². The number of benzene rings is 1. The van der Waals surface area contributed by atoms with Gasteiger partial charge in [-0.2, -0.15) is 0 Å². The number of methoxy groups -OCH3 is 1. The van der Waals surface area contributed by atoms with E-state index < -0.39 is 4.92 Å². The first kappa shape index (κ1) is 14.2. The number of nitro groups is 1. The van der Waals surface area contributed by atoms with Crippen molar-refractivity contribution in [2.24, 2.45) is 0 Å². The molecule has 112 valence electrons. The van der Waals surface area contributed by atoms with E-state index in [0.717, 1.165) is 16.8 Å². The van der Waals surface area contributed by atoms with Gasteiger partial charge in [0.1, 0.15) is 16.4 Å². The maximum Gasteiger partial charge on any atom is 0.433 e. The molecule has 0 aliphatic heterocycles. The van der Waals surface area contributed by atoms with Gasteiger partial charge in [-0.1, -0.05) is 11.8 Å². The molecule has 0 aliphatic carbocycles. The van der Waals surface area contributed by atoms with E-state index in [0.29, 0.717) is 10.9 Å². The minimum Gasteiger partial charge on any atom is -0.497 e. The third-order valence-corrected chi connectivity index (χ3v) is 3.56. The largest absolute Gasteiger partial charge is 0.497 e. The molecular weight excluding hydrogens is 306 g/mol. The average Bonchev–Trinajstić information content (AvgIpc) is 3.12. The van der Waals surface area contributed by atoms with Crippen molar-refractivity contribution in [2.75, 3.05) is 7.11 Å². The Kier molecular flexibility index (Phi) is 3.84. The van der Waals surface area contributed by atoms with Crippen molar-refractivity contribution in [2.45, 2.75) is 5.16 Å². The minimum atomic E-state index is -0.572. The van der Waals surface area contributed by atoms with Crippen molar-refractivity contribution in [3.63, 3.8) is 0 Å². The standard InChI is InChI=1S/C14H11N3O4S/c1-20-10-2-4-11-12(8-10)16-14(15-11)22-7-6-9-3-5-13(21-9)17(18)19/h2-8H,1H3,(H,15,16)/b7-6+. The van der Waals surface area contributed by atoms with Gasteiger partial charge in [0, 0.05) is 6.07 Å². The maximum atomic E-state index is 10.5.